The van der Waals surface area contributed by atoms with E-state index in [9.17, 15) is 0 Å². The van der Waals surface area contributed by atoms with Gasteiger partial charge in [-0.15, -0.1) is 0 Å². The van der Waals surface area contributed by atoms with E-state index >= 15 is 0 Å². The largest absolute Gasteiger partial charge is 0.456 e. The number of hydrogen-bond donors (Lipinski definition) is 1. The number of halogens is 1. The molecule has 4 aliphatic rings. The van der Waals surface area contributed by atoms with Gasteiger partial charge in [-0.3, -0.25) is 9.55 Å². The summed E-state index contributed by atoms with van der Waals surface area (Å²) in [6, 6.07) is 4.48. The van der Waals surface area contributed by atoms with Crippen LogP contribution in [0.2, 0.25) is 23.2 Å². The summed E-state index contributed by atoms with van der Waals surface area (Å²) >= 11 is 6.86. The molecule has 0 spiro atoms. The maximum atomic E-state index is 6.86. The number of rotatable bonds is 10. The fourth-order valence-corrected chi connectivity index (χ4v) is 8.35. The van der Waals surface area contributed by atoms with Gasteiger partial charge in [0.15, 0.2) is 20.1 Å². The zero-order chi connectivity index (χ0) is 33.6. The molecule has 6 heterocycles. The Hall–Kier alpha value is -2.58. The normalized spacial score (nSPS) is 27.6. The summed E-state index contributed by atoms with van der Waals surface area (Å²) < 4.78 is 39.3. The first-order valence-electron chi connectivity index (χ1n) is 17.2. The monoisotopic (exact) mass is 697 g/mol. The van der Waals surface area contributed by atoms with E-state index in [-0.39, 0.29) is 41.7 Å². The molecule has 0 bridgehead atoms. The van der Waals surface area contributed by atoms with Crippen LogP contribution >= 0.6 is 11.6 Å². The molecule has 0 radical (unpaired) electrons. The molecule has 11 nitrogen and oxygen atoms in total. The van der Waals surface area contributed by atoms with Gasteiger partial charge >= 0.3 is 6.01 Å². The molecule has 3 fully saturated rings. The lowest BCUT2D eigenvalue weighted by atomic mass is 10.1. The maximum Gasteiger partial charge on any atom is 0.301 e. The molecule has 0 amide bonds. The van der Waals surface area contributed by atoms with Gasteiger partial charge in [0.2, 0.25) is 0 Å². The molecular formula is C35H48ClN5O6Si. The number of aromatic nitrogens is 4. The molecule has 1 N–H and O–H groups in total. The molecule has 6 atom stereocenters. The van der Waals surface area contributed by atoms with Gasteiger partial charge in [0.1, 0.15) is 29.8 Å². The molecule has 3 aromatic heterocycles. The van der Waals surface area contributed by atoms with Gasteiger partial charge in [-0.25, -0.2) is 4.98 Å². The third-order valence-electron chi connectivity index (χ3n) is 10.4. The first kappa shape index (κ1) is 33.9. The first-order chi connectivity index (χ1) is 23.0. The van der Waals surface area contributed by atoms with Crippen molar-refractivity contribution >= 4 is 43.0 Å². The summed E-state index contributed by atoms with van der Waals surface area (Å²) in [6.45, 7) is 13.4. The van der Waals surface area contributed by atoms with Crippen molar-refractivity contribution in [2.24, 2.45) is 0 Å². The second-order valence-electron chi connectivity index (χ2n) is 14.8. The fourth-order valence-electron chi connectivity index (χ4n) is 6.84. The average Bonchev–Trinajstić information content (AvgIpc) is 3.82. The number of nitrogens with one attached hydrogen (secondary N) is 1. The summed E-state index contributed by atoms with van der Waals surface area (Å²) in [7, 11) is -0.318. The lowest BCUT2D eigenvalue weighted by Gasteiger charge is -2.39. The van der Waals surface area contributed by atoms with Crippen LogP contribution < -0.4 is 10.1 Å². The highest BCUT2D eigenvalue weighted by Crippen LogP contribution is 2.42. The molecule has 1 aliphatic carbocycles. The van der Waals surface area contributed by atoms with E-state index in [4.69, 9.17) is 54.7 Å². The molecule has 3 aromatic rings. The molecular weight excluding hydrogens is 650 g/mol. The Balaban J connectivity index is 1.13. The molecule has 0 saturated carbocycles. The highest BCUT2D eigenvalue weighted by molar-refractivity contribution is 6.74. The number of anilines is 1. The summed E-state index contributed by atoms with van der Waals surface area (Å²) in [6.07, 6.45) is 9.50. The third-order valence-corrected chi connectivity index (χ3v) is 15.2. The Morgan fingerprint density at radius 3 is 2.60 bits per heavy atom. The highest BCUT2D eigenvalue weighted by Gasteiger charge is 2.52. The second-order valence-corrected chi connectivity index (χ2v) is 20.0. The van der Waals surface area contributed by atoms with Crippen LogP contribution in [0.5, 0.6) is 6.01 Å². The van der Waals surface area contributed by atoms with Gasteiger partial charge in [-0.2, -0.15) is 4.98 Å². The van der Waals surface area contributed by atoms with Gasteiger partial charge < -0.3 is 33.4 Å². The summed E-state index contributed by atoms with van der Waals surface area (Å²) in [5, 5.41) is 4.17. The zero-order valence-electron chi connectivity index (χ0n) is 28.8. The first-order valence-corrected chi connectivity index (χ1v) is 20.5. The van der Waals surface area contributed by atoms with Crippen LogP contribution in [0.1, 0.15) is 75.5 Å². The van der Waals surface area contributed by atoms with Gasteiger partial charge in [0.25, 0.3) is 0 Å². The van der Waals surface area contributed by atoms with E-state index in [1.807, 2.05) is 29.0 Å². The highest BCUT2D eigenvalue weighted by atomic mass is 35.5. The minimum atomic E-state index is -2.00. The Kier molecular flexibility index (Phi) is 9.61. The number of methoxy groups -OCH3 is 1. The molecule has 3 unspecified atom stereocenters. The van der Waals surface area contributed by atoms with Crippen LogP contribution in [-0.4, -0.2) is 85.8 Å². The molecule has 0 aromatic carbocycles. The van der Waals surface area contributed by atoms with Crippen LogP contribution in [0.15, 0.2) is 24.4 Å². The number of imidazole rings is 1. The smallest absolute Gasteiger partial charge is 0.301 e. The lowest BCUT2D eigenvalue weighted by Crippen LogP contribution is -2.47. The predicted molar refractivity (Wildman–Crippen MR) is 187 cm³/mol. The van der Waals surface area contributed by atoms with Crippen LogP contribution in [0.4, 0.5) is 5.82 Å². The summed E-state index contributed by atoms with van der Waals surface area (Å²) in [4.78, 5) is 14.8. The van der Waals surface area contributed by atoms with E-state index in [0.29, 0.717) is 54.4 Å². The van der Waals surface area contributed by atoms with Crippen molar-refractivity contribution in [2.45, 2.75) is 108 Å². The van der Waals surface area contributed by atoms with Crippen molar-refractivity contribution < 1.29 is 28.1 Å². The zero-order valence-corrected chi connectivity index (χ0v) is 30.6. The Bertz CT molecular complexity index is 1650. The summed E-state index contributed by atoms with van der Waals surface area (Å²) in [5.41, 5.74) is 4.62. The molecule has 13 heteroatoms. The average molecular weight is 698 g/mol. The van der Waals surface area contributed by atoms with Crippen molar-refractivity contribution in [2.75, 3.05) is 38.9 Å². The maximum absolute atomic E-state index is 6.86. The van der Waals surface area contributed by atoms with Crippen molar-refractivity contribution in [3.63, 3.8) is 0 Å². The second kappa shape index (κ2) is 13.6. The van der Waals surface area contributed by atoms with Crippen LogP contribution in [0, 0.1) is 0 Å². The van der Waals surface area contributed by atoms with Gasteiger partial charge in [0, 0.05) is 19.9 Å². The molecule has 48 heavy (non-hydrogen) atoms. The quantitative estimate of drug-likeness (QED) is 0.225. The molecule has 3 aliphatic heterocycles. The topological polar surface area (TPSA) is 111 Å². The van der Waals surface area contributed by atoms with E-state index in [1.165, 1.54) is 5.56 Å². The fraction of sp³-hybridized carbons (Fsp3) is 0.629. The lowest BCUT2D eigenvalue weighted by molar-refractivity contribution is -0.0406. The van der Waals surface area contributed by atoms with Crippen molar-refractivity contribution in [1.29, 1.82) is 0 Å². The van der Waals surface area contributed by atoms with Crippen LogP contribution in [0.25, 0.3) is 17.2 Å². The van der Waals surface area contributed by atoms with E-state index in [1.54, 1.807) is 7.11 Å². The number of nitrogens with zero attached hydrogens (tertiary/aromatic N) is 4. The van der Waals surface area contributed by atoms with E-state index in [0.717, 1.165) is 43.4 Å². The number of fused-ring (bicyclic) bond motifs is 3. The number of ether oxygens (including phenoxy) is 5. The van der Waals surface area contributed by atoms with Gasteiger partial charge in [-0.05, 0) is 73.5 Å². The van der Waals surface area contributed by atoms with Crippen molar-refractivity contribution in [3.8, 4) is 6.01 Å². The number of hydrogen-bond acceptors (Lipinski definition) is 10. The van der Waals surface area contributed by atoms with Crippen LogP contribution in [-0.2, 0) is 29.8 Å². The van der Waals surface area contributed by atoms with Crippen molar-refractivity contribution in [3.05, 3.63) is 46.2 Å². The van der Waals surface area contributed by atoms with Gasteiger partial charge in [0.05, 0.1) is 42.7 Å². The third kappa shape index (κ3) is 6.65. The minimum Gasteiger partial charge on any atom is -0.456 e. The molecule has 7 rings (SSSR count). The summed E-state index contributed by atoms with van der Waals surface area (Å²) in [5.74, 6) is 0.588. The van der Waals surface area contributed by atoms with Crippen molar-refractivity contribution in [1.82, 2.24) is 19.5 Å². The van der Waals surface area contributed by atoms with Crippen LogP contribution in [0.3, 0.4) is 0 Å². The SMILES string of the molecule is COC/C=C/c1cnc2c(c1)CCC2Nc1nc2c(cc1Cl)nc(O[C@@H]1CO[C@@H]3C(O[Si](C)(C)C(C)(C)C)CO[C@@H]31)n2C1CCCCO1. The standard InChI is InChI=1S/C35H48ClN5O6Si/c1-35(2,3)48(5,6)47-27-20-45-30-26(19-44-31(27)30)46-34-39-25-17-23(36)32(40-33(25)41(34)28-11-7-8-15-43-28)38-24-13-12-22-16-21(10-9-14-42-4)18-37-29(22)24/h9-10,16-18,24,26-28,30-31H,7-8,11-15,19-20H2,1-6H3,(H,38,40)/b10-9+/t24?,26-,27?,28?,30-,31-/m1/s1. The molecule has 260 valence electrons. The Labute approximate surface area is 288 Å². The van der Waals surface area contributed by atoms with E-state index in [2.05, 4.69) is 45.2 Å². The number of aryl methyl sites for hydroxylation is 1. The Morgan fingerprint density at radius 2 is 1.85 bits per heavy atom. The van der Waals surface area contributed by atoms with E-state index < -0.39 is 8.32 Å². The molecule has 3 saturated heterocycles. The minimum absolute atomic E-state index is 0.00829. The number of pyridine rings is 2. The predicted octanol–water partition coefficient (Wildman–Crippen LogP) is 6.87. The Morgan fingerprint density at radius 1 is 1.06 bits per heavy atom. The van der Waals surface area contributed by atoms with Gasteiger partial charge in [-0.1, -0.05) is 44.5 Å².